The molecule has 1 aromatic heterocycles. The topological polar surface area (TPSA) is 212 Å². The number of hydrogen-bond donors (Lipinski definition) is 9. The number of rotatable bonds is 4. The molecule has 2 heterocycles. The maximum absolute atomic E-state index is 10.3. The Hall–Kier alpha value is -3.55. The molecule has 2 aromatic carbocycles. The van der Waals surface area contributed by atoms with Gasteiger partial charge in [0.15, 0.2) is 17.2 Å². The lowest BCUT2D eigenvalue weighted by Crippen LogP contribution is -2.60. The molecule has 4 rings (SSSR count). The van der Waals surface area contributed by atoms with Crippen LogP contribution in [-0.4, -0.2) is 83.3 Å². The molecule has 33 heavy (non-hydrogen) atoms. The Morgan fingerprint density at radius 1 is 0.818 bits per heavy atom. The first kappa shape index (κ1) is 22.6. The van der Waals surface area contributed by atoms with Gasteiger partial charge in [0.2, 0.25) is 12.0 Å². The van der Waals surface area contributed by atoms with Crippen LogP contribution in [0.15, 0.2) is 34.7 Å². The fourth-order valence-electron chi connectivity index (χ4n) is 3.50. The van der Waals surface area contributed by atoms with Gasteiger partial charge >= 0.3 is 11.3 Å². The van der Waals surface area contributed by atoms with Crippen LogP contribution in [0.2, 0.25) is 0 Å². The van der Waals surface area contributed by atoms with Crippen molar-refractivity contribution in [1.29, 1.82) is 0 Å². The van der Waals surface area contributed by atoms with Gasteiger partial charge in [0.1, 0.15) is 41.3 Å². The first-order valence-electron chi connectivity index (χ1n) is 9.66. The number of fused-ring (bicyclic) bond motifs is 1. The van der Waals surface area contributed by atoms with E-state index < -0.39 is 60.3 Å². The number of hydrogen-bond acceptors (Lipinski definition) is 11. The second-order valence-corrected chi connectivity index (χ2v) is 7.49. The number of aliphatic hydroxyl groups excluding tert-OH is 4. The second-order valence-electron chi connectivity index (χ2n) is 7.49. The monoisotopic (exact) mass is 465 g/mol. The van der Waals surface area contributed by atoms with Gasteiger partial charge in [0.05, 0.1) is 18.2 Å². The highest BCUT2D eigenvalue weighted by Gasteiger charge is 2.45. The molecular formula is C21H21O12+. The summed E-state index contributed by atoms with van der Waals surface area (Å²) in [5.41, 5.74) is -0.0529. The molecular weight excluding hydrogens is 444 g/mol. The van der Waals surface area contributed by atoms with Crippen molar-refractivity contribution in [3.63, 3.8) is 0 Å². The van der Waals surface area contributed by atoms with Gasteiger partial charge < -0.3 is 55.4 Å². The third kappa shape index (κ3) is 4.01. The van der Waals surface area contributed by atoms with E-state index in [1.165, 1.54) is 12.1 Å². The third-order valence-corrected chi connectivity index (χ3v) is 5.24. The van der Waals surface area contributed by atoms with Gasteiger partial charge in [0, 0.05) is 24.3 Å². The number of ether oxygens (including phenoxy) is 2. The standard InChI is InChI=1S/C21H20O12/c22-6-15-17(28)18(29)19(30)21(33-15)32-14-5-9-10(24)3-8(23)4-13(9)31-20(14)7-1-11(25)16(27)12(26)2-7/h1-5,15,17-19,21-22,28-30H,6H2,(H4-,23,24,25,26,27)/p+1/t15?,17-,18+,19?,21+/m1/s1. The molecule has 12 nitrogen and oxygen atoms in total. The molecule has 2 unspecified atom stereocenters. The highest BCUT2D eigenvalue weighted by molar-refractivity contribution is 5.88. The summed E-state index contributed by atoms with van der Waals surface area (Å²) in [5, 5.41) is 89.2. The Labute approximate surface area is 185 Å². The van der Waals surface area contributed by atoms with Crippen LogP contribution in [0.3, 0.4) is 0 Å². The Balaban J connectivity index is 1.86. The molecule has 9 N–H and O–H groups in total. The molecule has 1 fully saturated rings. The van der Waals surface area contributed by atoms with Crippen LogP contribution >= 0.6 is 0 Å². The van der Waals surface area contributed by atoms with E-state index in [2.05, 4.69) is 0 Å². The summed E-state index contributed by atoms with van der Waals surface area (Å²) in [5.74, 6) is -3.32. The summed E-state index contributed by atoms with van der Waals surface area (Å²) in [7, 11) is 0. The van der Waals surface area contributed by atoms with Crippen molar-refractivity contribution in [2.24, 2.45) is 0 Å². The third-order valence-electron chi connectivity index (χ3n) is 5.24. The SMILES string of the molecule is OCC1O[C@H](Oc2cc3c(O)cc(O)cc3[o+]c2-c2cc(O)c(O)c(O)c2)C(O)[C@@H](O)[C@@H]1O. The molecule has 0 aliphatic carbocycles. The number of aliphatic hydroxyl groups is 4. The highest BCUT2D eigenvalue weighted by Crippen LogP contribution is 2.44. The predicted octanol–water partition coefficient (Wildman–Crippen LogP) is 0.0876. The summed E-state index contributed by atoms with van der Waals surface area (Å²) in [6.45, 7) is -0.695. The lowest BCUT2D eigenvalue weighted by molar-refractivity contribution is -0.277. The van der Waals surface area contributed by atoms with Crippen molar-refractivity contribution in [2.75, 3.05) is 6.61 Å². The smallest absolute Gasteiger partial charge is 0.402 e. The van der Waals surface area contributed by atoms with E-state index in [1.54, 1.807) is 0 Å². The van der Waals surface area contributed by atoms with Crippen LogP contribution in [0.25, 0.3) is 22.3 Å². The maximum atomic E-state index is 10.3. The van der Waals surface area contributed by atoms with Crippen LogP contribution in [0.1, 0.15) is 0 Å². The van der Waals surface area contributed by atoms with E-state index in [-0.39, 0.29) is 33.8 Å². The number of aromatic hydroxyl groups is 5. The van der Waals surface area contributed by atoms with E-state index in [4.69, 9.17) is 13.9 Å². The van der Waals surface area contributed by atoms with E-state index in [9.17, 15) is 46.0 Å². The summed E-state index contributed by atoms with van der Waals surface area (Å²) in [4.78, 5) is 0. The quantitative estimate of drug-likeness (QED) is 0.185. The summed E-state index contributed by atoms with van der Waals surface area (Å²) in [6.07, 6.45) is -7.99. The van der Waals surface area contributed by atoms with E-state index in [1.807, 2.05) is 0 Å². The molecule has 1 aliphatic heterocycles. The van der Waals surface area contributed by atoms with Gasteiger partial charge in [-0.15, -0.1) is 0 Å². The summed E-state index contributed by atoms with van der Waals surface area (Å²) in [6, 6.07) is 5.51. The summed E-state index contributed by atoms with van der Waals surface area (Å²) >= 11 is 0. The highest BCUT2D eigenvalue weighted by atomic mass is 16.7. The van der Waals surface area contributed by atoms with Crippen molar-refractivity contribution >= 4 is 11.0 Å². The predicted molar refractivity (Wildman–Crippen MR) is 109 cm³/mol. The van der Waals surface area contributed by atoms with Crippen LogP contribution in [0, 0.1) is 0 Å². The Morgan fingerprint density at radius 3 is 2.12 bits per heavy atom. The van der Waals surface area contributed by atoms with Crippen LogP contribution in [-0.2, 0) is 4.74 Å². The second kappa shape index (κ2) is 8.42. The first-order valence-corrected chi connectivity index (χ1v) is 9.66. The molecule has 176 valence electrons. The molecule has 0 saturated carbocycles. The zero-order valence-corrected chi connectivity index (χ0v) is 16.7. The Kier molecular flexibility index (Phi) is 5.78. The van der Waals surface area contributed by atoms with Crippen molar-refractivity contribution in [3.05, 3.63) is 30.3 Å². The van der Waals surface area contributed by atoms with Gasteiger partial charge in [-0.25, -0.2) is 4.42 Å². The average molecular weight is 465 g/mol. The number of phenols is 5. The minimum atomic E-state index is -1.76. The zero-order valence-electron chi connectivity index (χ0n) is 16.7. The Morgan fingerprint density at radius 2 is 1.48 bits per heavy atom. The van der Waals surface area contributed by atoms with Gasteiger partial charge in [0.25, 0.3) is 0 Å². The van der Waals surface area contributed by atoms with Crippen molar-refractivity contribution in [1.82, 2.24) is 0 Å². The van der Waals surface area contributed by atoms with Crippen LogP contribution in [0.4, 0.5) is 0 Å². The average Bonchev–Trinajstić information content (AvgIpc) is 2.77. The van der Waals surface area contributed by atoms with Gasteiger partial charge in [-0.2, -0.15) is 0 Å². The van der Waals surface area contributed by atoms with Gasteiger partial charge in [-0.3, -0.25) is 0 Å². The lowest BCUT2D eigenvalue weighted by Gasteiger charge is -2.39. The van der Waals surface area contributed by atoms with Gasteiger partial charge in [-0.05, 0) is 0 Å². The largest absolute Gasteiger partial charge is 0.507 e. The Bertz CT molecular complexity index is 1170. The molecule has 3 aromatic rings. The molecule has 0 radical (unpaired) electrons. The van der Waals surface area contributed by atoms with Crippen molar-refractivity contribution in [3.8, 4) is 45.8 Å². The van der Waals surface area contributed by atoms with E-state index in [0.717, 1.165) is 18.2 Å². The normalized spacial score (nSPS) is 25.3. The van der Waals surface area contributed by atoms with Gasteiger partial charge in [-0.1, -0.05) is 0 Å². The maximum Gasteiger partial charge on any atom is 0.402 e. The van der Waals surface area contributed by atoms with Crippen molar-refractivity contribution < 1.29 is 59.8 Å². The molecule has 0 bridgehead atoms. The number of phenolic OH excluding ortho intramolecular Hbond substituents is 5. The first-order chi connectivity index (χ1) is 15.6. The molecule has 1 aliphatic rings. The van der Waals surface area contributed by atoms with E-state index >= 15 is 0 Å². The van der Waals surface area contributed by atoms with Crippen molar-refractivity contribution in [2.45, 2.75) is 30.7 Å². The van der Waals surface area contributed by atoms with Crippen LogP contribution < -0.4 is 4.74 Å². The molecule has 5 atom stereocenters. The fraction of sp³-hybridized carbons (Fsp3) is 0.286. The molecule has 0 amide bonds. The summed E-state index contributed by atoms with van der Waals surface area (Å²) < 4.78 is 16.7. The minimum Gasteiger partial charge on any atom is -0.507 e. The van der Waals surface area contributed by atoms with E-state index in [0.29, 0.717) is 0 Å². The molecule has 0 spiro atoms. The van der Waals surface area contributed by atoms with Crippen LogP contribution in [0.5, 0.6) is 34.5 Å². The molecule has 12 heteroatoms. The molecule has 1 saturated heterocycles. The number of benzene rings is 2. The lowest BCUT2D eigenvalue weighted by atomic mass is 9.99. The minimum absolute atomic E-state index is 0.0212. The fourth-order valence-corrected chi connectivity index (χ4v) is 3.50. The zero-order chi connectivity index (χ0) is 24.0.